The predicted molar refractivity (Wildman–Crippen MR) is 76.1 cm³/mol. The first-order valence-corrected chi connectivity index (χ1v) is 6.88. The number of aryl methyl sites for hydroxylation is 3. The van der Waals surface area contributed by atoms with Crippen LogP contribution in [0.5, 0.6) is 0 Å². The van der Waals surface area contributed by atoms with Crippen LogP contribution >= 0.6 is 0 Å². The lowest BCUT2D eigenvalue weighted by atomic mass is 10.0. The molecule has 0 saturated carbocycles. The van der Waals surface area contributed by atoms with Gasteiger partial charge in [0.15, 0.2) is 0 Å². The van der Waals surface area contributed by atoms with Crippen molar-refractivity contribution in [1.29, 1.82) is 0 Å². The van der Waals surface area contributed by atoms with Crippen LogP contribution in [0, 0.1) is 13.8 Å². The normalized spacial score (nSPS) is 12.8. The van der Waals surface area contributed by atoms with E-state index in [2.05, 4.69) is 29.6 Å². The Morgan fingerprint density at radius 3 is 2.74 bits per heavy atom. The van der Waals surface area contributed by atoms with Crippen molar-refractivity contribution in [3.05, 3.63) is 41.1 Å². The van der Waals surface area contributed by atoms with Gasteiger partial charge >= 0.3 is 0 Å². The maximum Gasteiger partial charge on any atom is 0.105 e. The highest BCUT2D eigenvalue weighted by atomic mass is 16.3. The van der Waals surface area contributed by atoms with E-state index in [4.69, 9.17) is 4.42 Å². The zero-order valence-corrected chi connectivity index (χ0v) is 12.2. The summed E-state index contributed by atoms with van der Waals surface area (Å²) in [5, 5.41) is 7.84. The Kier molecular flexibility index (Phi) is 4.43. The van der Waals surface area contributed by atoms with Crippen molar-refractivity contribution in [3.8, 4) is 0 Å². The Bertz CT molecular complexity index is 527. The lowest BCUT2D eigenvalue weighted by Gasteiger charge is -2.17. The smallest absolute Gasteiger partial charge is 0.105 e. The van der Waals surface area contributed by atoms with E-state index in [-0.39, 0.29) is 0 Å². The average molecular weight is 261 g/mol. The first kappa shape index (κ1) is 13.9. The summed E-state index contributed by atoms with van der Waals surface area (Å²) < 4.78 is 7.50. The maximum absolute atomic E-state index is 5.66. The summed E-state index contributed by atoms with van der Waals surface area (Å²) in [6.07, 6.45) is 6.07. The van der Waals surface area contributed by atoms with Gasteiger partial charge in [0, 0.05) is 24.8 Å². The number of furan rings is 1. The molecule has 19 heavy (non-hydrogen) atoms. The SMILES string of the molecule is CCCNC(Cc1cnn(C)c1)c1cc(C)oc1C. The largest absolute Gasteiger partial charge is 0.466 e. The molecule has 1 unspecified atom stereocenters. The molecule has 0 bridgehead atoms. The second-order valence-corrected chi connectivity index (χ2v) is 5.10. The Balaban J connectivity index is 2.18. The van der Waals surface area contributed by atoms with Crippen LogP contribution in [0.2, 0.25) is 0 Å². The molecule has 2 rings (SSSR count). The number of nitrogens with one attached hydrogen (secondary N) is 1. The van der Waals surface area contributed by atoms with E-state index in [0.29, 0.717) is 6.04 Å². The molecule has 0 aliphatic carbocycles. The molecule has 4 heteroatoms. The molecule has 2 aromatic rings. The molecular formula is C15H23N3O. The molecule has 0 spiro atoms. The number of hydrogen-bond acceptors (Lipinski definition) is 3. The summed E-state index contributed by atoms with van der Waals surface area (Å²) in [4.78, 5) is 0. The minimum Gasteiger partial charge on any atom is -0.466 e. The fourth-order valence-electron chi connectivity index (χ4n) is 2.42. The van der Waals surface area contributed by atoms with Crippen LogP contribution in [0.1, 0.15) is 42.0 Å². The molecule has 0 saturated heterocycles. The van der Waals surface area contributed by atoms with Crippen LogP contribution in [0.4, 0.5) is 0 Å². The summed E-state index contributed by atoms with van der Waals surface area (Å²) in [6.45, 7) is 7.22. The summed E-state index contributed by atoms with van der Waals surface area (Å²) in [7, 11) is 1.95. The van der Waals surface area contributed by atoms with Gasteiger partial charge in [-0.25, -0.2) is 0 Å². The van der Waals surface area contributed by atoms with Crippen LogP contribution in [-0.4, -0.2) is 16.3 Å². The van der Waals surface area contributed by atoms with Crippen molar-refractivity contribution in [2.24, 2.45) is 7.05 Å². The molecule has 4 nitrogen and oxygen atoms in total. The topological polar surface area (TPSA) is 43.0 Å². The monoisotopic (exact) mass is 261 g/mol. The molecule has 0 aliphatic heterocycles. The number of hydrogen-bond donors (Lipinski definition) is 1. The van der Waals surface area contributed by atoms with Crippen molar-refractivity contribution >= 4 is 0 Å². The van der Waals surface area contributed by atoms with Gasteiger partial charge < -0.3 is 9.73 Å². The van der Waals surface area contributed by atoms with Crippen molar-refractivity contribution in [2.45, 2.75) is 39.7 Å². The second kappa shape index (κ2) is 6.06. The summed E-state index contributed by atoms with van der Waals surface area (Å²) in [5.41, 5.74) is 2.50. The molecule has 0 amide bonds. The highest BCUT2D eigenvalue weighted by molar-refractivity contribution is 5.26. The van der Waals surface area contributed by atoms with E-state index < -0.39 is 0 Å². The van der Waals surface area contributed by atoms with E-state index >= 15 is 0 Å². The summed E-state index contributed by atoms with van der Waals surface area (Å²) >= 11 is 0. The van der Waals surface area contributed by atoms with Crippen LogP contribution in [0.3, 0.4) is 0 Å². The predicted octanol–water partition coefficient (Wildman–Crippen LogP) is 2.91. The molecule has 2 aromatic heterocycles. The summed E-state index contributed by atoms with van der Waals surface area (Å²) in [6, 6.07) is 2.43. The maximum atomic E-state index is 5.66. The summed E-state index contributed by atoms with van der Waals surface area (Å²) in [5.74, 6) is 1.98. The minimum absolute atomic E-state index is 0.293. The third kappa shape index (κ3) is 3.47. The molecule has 2 heterocycles. The standard InChI is InChI=1S/C15H23N3O/c1-5-6-16-15(8-13-9-17-18(4)10-13)14-7-11(2)19-12(14)3/h7,9-10,15-16H,5-6,8H2,1-4H3. The Morgan fingerprint density at radius 2 is 2.21 bits per heavy atom. The Morgan fingerprint density at radius 1 is 1.42 bits per heavy atom. The Labute approximate surface area is 114 Å². The van der Waals surface area contributed by atoms with Gasteiger partial charge in [-0.1, -0.05) is 6.92 Å². The van der Waals surface area contributed by atoms with Gasteiger partial charge in [0.1, 0.15) is 11.5 Å². The molecule has 1 atom stereocenters. The van der Waals surface area contributed by atoms with Gasteiger partial charge in [-0.05, 0) is 44.9 Å². The van der Waals surface area contributed by atoms with E-state index in [9.17, 15) is 0 Å². The van der Waals surface area contributed by atoms with Crippen molar-refractivity contribution in [1.82, 2.24) is 15.1 Å². The van der Waals surface area contributed by atoms with Gasteiger partial charge in [0.2, 0.25) is 0 Å². The third-order valence-electron chi connectivity index (χ3n) is 3.29. The van der Waals surface area contributed by atoms with Gasteiger partial charge in [0.05, 0.1) is 6.20 Å². The van der Waals surface area contributed by atoms with Gasteiger partial charge in [0.25, 0.3) is 0 Å². The first-order chi connectivity index (χ1) is 9.10. The average Bonchev–Trinajstić information content (AvgIpc) is 2.91. The van der Waals surface area contributed by atoms with Crippen molar-refractivity contribution in [2.75, 3.05) is 6.54 Å². The fourth-order valence-corrected chi connectivity index (χ4v) is 2.42. The highest BCUT2D eigenvalue weighted by Crippen LogP contribution is 2.24. The zero-order valence-electron chi connectivity index (χ0n) is 12.2. The van der Waals surface area contributed by atoms with Crippen LogP contribution in [0.25, 0.3) is 0 Å². The van der Waals surface area contributed by atoms with Crippen LogP contribution in [0.15, 0.2) is 22.9 Å². The van der Waals surface area contributed by atoms with Gasteiger partial charge in [-0.15, -0.1) is 0 Å². The number of aromatic nitrogens is 2. The number of nitrogens with zero attached hydrogens (tertiary/aromatic N) is 2. The fraction of sp³-hybridized carbons (Fsp3) is 0.533. The molecule has 1 N–H and O–H groups in total. The molecule has 0 aliphatic rings. The minimum atomic E-state index is 0.293. The van der Waals surface area contributed by atoms with E-state index in [1.807, 2.05) is 31.8 Å². The first-order valence-electron chi connectivity index (χ1n) is 6.88. The van der Waals surface area contributed by atoms with Crippen molar-refractivity contribution < 1.29 is 4.42 Å². The zero-order chi connectivity index (χ0) is 13.8. The van der Waals surface area contributed by atoms with Gasteiger partial charge in [-0.2, -0.15) is 5.10 Å². The lowest BCUT2D eigenvalue weighted by Crippen LogP contribution is -2.24. The van der Waals surface area contributed by atoms with Crippen LogP contribution < -0.4 is 5.32 Å². The molecule has 0 fully saturated rings. The molecule has 0 radical (unpaired) electrons. The van der Waals surface area contributed by atoms with E-state index in [1.54, 1.807) is 0 Å². The lowest BCUT2D eigenvalue weighted by molar-refractivity contribution is 0.480. The van der Waals surface area contributed by atoms with Gasteiger partial charge in [-0.3, -0.25) is 4.68 Å². The highest BCUT2D eigenvalue weighted by Gasteiger charge is 2.17. The van der Waals surface area contributed by atoms with E-state index in [0.717, 1.165) is 30.9 Å². The quantitative estimate of drug-likeness (QED) is 0.869. The molecule has 104 valence electrons. The molecule has 0 aromatic carbocycles. The molecular weight excluding hydrogens is 238 g/mol. The third-order valence-corrected chi connectivity index (χ3v) is 3.29. The second-order valence-electron chi connectivity index (χ2n) is 5.10. The Hall–Kier alpha value is -1.55. The van der Waals surface area contributed by atoms with Crippen molar-refractivity contribution in [3.63, 3.8) is 0 Å². The van der Waals surface area contributed by atoms with Crippen LogP contribution in [-0.2, 0) is 13.5 Å². The van der Waals surface area contributed by atoms with E-state index in [1.165, 1.54) is 11.1 Å². The number of rotatable bonds is 6.